The van der Waals surface area contributed by atoms with Crippen molar-refractivity contribution in [1.29, 1.82) is 0 Å². The molecule has 2 unspecified atom stereocenters. The fourth-order valence-corrected chi connectivity index (χ4v) is 1.09. The van der Waals surface area contributed by atoms with Gasteiger partial charge in [0.2, 0.25) is 0 Å². The zero-order chi connectivity index (χ0) is 6.20. The number of hydroxylamine groups is 2. The first kappa shape index (κ1) is 6.14. The highest BCUT2D eigenvalue weighted by molar-refractivity contribution is 7.09. The van der Waals surface area contributed by atoms with Gasteiger partial charge in [0.15, 0.2) is 0 Å². The van der Waals surface area contributed by atoms with Gasteiger partial charge in [-0.05, 0) is 0 Å². The van der Waals surface area contributed by atoms with E-state index in [-0.39, 0.29) is 5.91 Å². The third-order valence-corrected chi connectivity index (χ3v) is 1.85. The molecule has 0 aromatic rings. The molecule has 1 amide bonds. The second-order valence-electron chi connectivity index (χ2n) is 2.02. The molecule has 0 aliphatic carbocycles. The Bertz CT molecular complexity index is 123. The van der Waals surface area contributed by atoms with Crippen molar-refractivity contribution in [3.63, 3.8) is 0 Å². The van der Waals surface area contributed by atoms with Crippen molar-refractivity contribution in [2.24, 2.45) is 0 Å². The van der Waals surface area contributed by atoms with Crippen molar-refractivity contribution in [1.82, 2.24) is 0 Å². The fraction of sp³-hybridized carbons (Fsp3) is 0.750. The second kappa shape index (κ2) is 1.76. The van der Waals surface area contributed by atoms with Gasteiger partial charge in [-0.25, -0.2) is 4.79 Å². The number of amides is 1. The summed E-state index contributed by atoms with van der Waals surface area (Å²) in [5.74, 6) is -0.213. The van der Waals surface area contributed by atoms with E-state index in [0.717, 1.165) is 6.42 Å². The second-order valence-corrected chi connectivity index (χ2v) is 2.85. The third-order valence-electron chi connectivity index (χ3n) is 1.30. The van der Waals surface area contributed by atoms with Gasteiger partial charge in [-0.3, -0.25) is 4.42 Å². The molecular weight excluding hydrogens is 125 g/mol. The lowest BCUT2D eigenvalue weighted by Crippen LogP contribution is -2.30. The maximum Gasteiger partial charge on any atom is 0.314 e. The van der Waals surface area contributed by atoms with Gasteiger partial charge in [0, 0.05) is 6.42 Å². The first-order chi connectivity index (χ1) is 3.63. The summed E-state index contributed by atoms with van der Waals surface area (Å²) >= 11 is 0. The number of nitrogens with zero attached hydrogens (tertiary/aromatic N) is 1. The molecule has 4 heteroatoms. The number of hydrogen-bond donors (Lipinski definition) is 0. The van der Waals surface area contributed by atoms with Crippen molar-refractivity contribution in [3.8, 4) is 0 Å². The Kier molecular flexibility index (Phi) is 1.35. The number of carbonyl (C=O) groups excluding carboxylic acids is 1. The Labute approximate surface area is 50.1 Å². The molecule has 1 fully saturated rings. The Hall–Kier alpha value is 0.0200. The van der Waals surface area contributed by atoms with Crippen LogP contribution >= 0.6 is 9.39 Å². The largest absolute Gasteiger partial charge is 0.624 e. The fourth-order valence-electron chi connectivity index (χ4n) is 0.779. The van der Waals surface area contributed by atoms with Crippen molar-refractivity contribution < 1.29 is 9.21 Å². The highest BCUT2D eigenvalue weighted by Crippen LogP contribution is 2.23. The minimum absolute atomic E-state index is 0.213. The number of carbonyl (C=O) groups is 1. The van der Waals surface area contributed by atoms with Crippen LogP contribution in [0.2, 0.25) is 0 Å². The van der Waals surface area contributed by atoms with Crippen LogP contribution in [0.4, 0.5) is 0 Å². The van der Waals surface area contributed by atoms with Gasteiger partial charge in [-0.2, -0.15) is 0 Å². The lowest BCUT2D eigenvalue weighted by Gasteiger charge is -2.28. The maximum atomic E-state index is 10.8. The average molecular weight is 133 g/mol. The first-order valence-electron chi connectivity index (χ1n) is 2.54. The van der Waals surface area contributed by atoms with Crippen LogP contribution in [-0.4, -0.2) is 16.9 Å². The van der Waals surface area contributed by atoms with E-state index in [1.165, 1.54) is 0 Å². The summed E-state index contributed by atoms with van der Waals surface area (Å²) in [6, 6.07) is 0. The first-order valence-corrected chi connectivity index (χ1v) is 3.05. The van der Waals surface area contributed by atoms with Gasteiger partial charge in [-0.15, -0.1) is 0 Å². The maximum absolute atomic E-state index is 10.8. The predicted molar refractivity (Wildman–Crippen MR) is 32.4 cm³/mol. The summed E-state index contributed by atoms with van der Waals surface area (Å²) in [5, 5.41) is 10.8. The van der Waals surface area contributed by atoms with Crippen LogP contribution in [0.1, 0.15) is 12.8 Å². The molecule has 1 aliphatic heterocycles. The zero-order valence-corrected chi connectivity index (χ0v) is 5.62. The molecule has 0 bridgehead atoms. The molecule has 1 rings (SSSR count). The topological polar surface area (TPSA) is 40.1 Å². The molecular formula is C4H8NO2P. The summed E-state index contributed by atoms with van der Waals surface area (Å²) < 4.78 is -0.736. The van der Waals surface area contributed by atoms with Crippen LogP contribution in [0.25, 0.3) is 0 Å². The Balaban J connectivity index is 2.68. The lowest BCUT2D eigenvalue weighted by atomic mass is 10.4. The van der Waals surface area contributed by atoms with Gasteiger partial charge in [0.1, 0.15) is 0 Å². The quantitative estimate of drug-likeness (QED) is 0.354. The lowest BCUT2D eigenvalue weighted by molar-refractivity contribution is -0.652. The third kappa shape index (κ3) is 0.895. The molecule has 0 aromatic heterocycles. The van der Waals surface area contributed by atoms with Crippen molar-refractivity contribution in [3.05, 3.63) is 5.21 Å². The molecule has 0 spiro atoms. The normalized spacial score (nSPS) is 38.5. The van der Waals surface area contributed by atoms with E-state index in [1.807, 2.05) is 9.39 Å². The zero-order valence-electron chi connectivity index (χ0n) is 4.46. The van der Waals surface area contributed by atoms with Crippen LogP contribution < -0.4 is 0 Å². The minimum Gasteiger partial charge on any atom is -0.624 e. The van der Waals surface area contributed by atoms with Crippen molar-refractivity contribution in [2.45, 2.75) is 12.8 Å². The van der Waals surface area contributed by atoms with E-state index in [2.05, 4.69) is 0 Å². The summed E-state index contributed by atoms with van der Waals surface area (Å²) in [4.78, 5) is 10.5. The molecule has 1 saturated heterocycles. The van der Waals surface area contributed by atoms with E-state index < -0.39 is 4.42 Å². The van der Waals surface area contributed by atoms with Gasteiger partial charge in [0.25, 0.3) is 0 Å². The molecule has 0 radical (unpaired) electrons. The molecule has 0 aromatic carbocycles. The van der Waals surface area contributed by atoms with Crippen molar-refractivity contribution >= 4 is 15.3 Å². The molecule has 0 N–H and O–H groups in total. The highest BCUT2D eigenvalue weighted by Gasteiger charge is 2.28. The van der Waals surface area contributed by atoms with E-state index in [1.54, 1.807) is 0 Å². The Morgan fingerprint density at radius 1 is 1.75 bits per heavy atom. The van der Waals surface area contributed by atoms with Gasteiger partial charge < -0.3 is 5.21 Å². The van der Waals surface area contributed by atoms with E-state index in [9.17, 15) is 10.0 Å². The van der Waals surface area contributed by atoms with E-state index in [4.69, 9.17) is 0 Å². The summed E-state index contributed by atoms with van der Waals surface area (Å²) in [5.41, 5.74) is 0. The van der Waals surface area contributed by atoms with Gasteiger partial charge >= 0.3 is 5.91 Å². The van der Waals surface area contributed by atoms with Crippen LogP contribution in [0, 0.1) is 5.21 Å². The summed E-state index contributed by atoms with van der Waals surface area (Å²) in [7, 11) is 2.00. The SMILES string of the molecule is O=C1CCC[N+]1([O-])P. The molecule has 0 saturated carbocycles. The van der Waals surface area contributed by atoms with Crippen LogP contribution in [0.3, 0.4) is 0 Å². The highest BCUT2D eigenvalue weighted by atomic mass is 31.0. The van der Waals surface area contributed by atoms with E-state index in [0.29, 0.717) is 13.0 Å². The Morgan fingerprint density at radius 2 is 2.38 bits per heavy atom. The molecule has 3 nitrogen and oxygen atoms in total. The summed E-state index contributed by atoms with van der Waals surface area (Å²) in [6.45, 7) is 0.434. The predicted octanol–water partition coefficient (Wildman–Crippen LogP) is 0.412. The number of hydrogen-bond acceptors (Lipinski definition) is 2. The monoisotopic (exact) mass is 133 g/mol. The minimum atomic E-state index is -0.736. The standard InChI is InChI=1S/C4H8NO2P/c6-4-2-1-3-5(4,7)8/h1-3,8H2. The van der Waals surface area contributed by atoms with E-state index >= 15 is 0 Å². The molecule has 1 aliphatic rings. The van der Waals surface area contributed by atoms with Crippen molar-refractivity contribution in [2.75, 3.05) is 6.54 Å². The van der Waals surface area contributed by atoms with Crippen LogP contribution in [0.15, 0.2) is 0 Å². The van der Waals surface area contributed by atoms with Gasteiger partial charge in [0.05, 0.1) is 22.4 Å². The molecule has 8 heavy (non-hydrogen) atoms. The summed E-state index contributed by atoms with van der Waals surface area (Å²) in [6.07, 6.45) is 1.19. The molecule has 1 heterocycles. The van der Waals surface area contributed by atoms with Crippen LogP contribution in [0.5, 0.6) is 0 Å². The number of rotatable bonds is 0. The van der Waals surface area contributed by atoms with Gasteiger partial charge in [-0.1, -0.05) is 0 Å². The van der Waals surface area contributed by atoms with Crippen LogP contribution in [-0.2, 0) is 4.79 Å². The molecule has 46 valence electrons. The Morgan fingerprint density at radius 3 is 2.50 bits per heavy atom. The number of quaternary nitrogens is 1. The smallest absolute Gasteiger partial charge is 0.314 e. The molecule has 2 atom stereocenters. The average Bonchev–Trinajstić information content (AvgIpc) is 1.86.